The fourth-order valence-electron chi connectivity index (χ4n) is 3.37. The Morgan fingerprint density at radius 1 is 1.00 bits per heavy atom. The number of anilines is 1. The number of nitrogens with zero attached hydrogens (tertiary/aromatic N) is 4. The summed E-state index contributed by atoms with van der Waals surface area (Å²) >= 11 is 0. The lowest BCUT2D eigenvalue weighted by Gasteiger charge is -2.20. The summed E-state index contributed by atoms with van der Waals surface area (Å²) in [5.41, 5.74) is 9.34. The summed E-state index contributed by atoms with van der Waals surface area (Å²) in [5.74, 6) is 1.32. The van der Waals surface area contributed by atoms with E-state index in [-0.39, 0.29) is 11.4 Å². The van der Waals surface area contributed by atoms with E-state index >= 15 is 0 Å². The van der Waals surface area contributed by atoms with Crippen LogP contribution in [0.2, 0.25) is 0 Å². The predicted molar refractivity (Wildman–Crippen MR) is 106 cm³/mol. The molecule has 0 fully saturated rings. The third-order valence-corrected chi connectivity index (χ3v) is 4.73. The Labute approximate surface area is 168 Å². The van der Waals surface area contributed by atoms with Crippen LogP contribution in [-0.4, -0.2) is 23.2 Å². The van der Waals surface area contributed by atoms with Crippen molar-refractivity contribution < 1.29 is 9.47 Å². The molecule has 1 aliphatic rings. The van der Waals surface area contributed by atoms with E-state index in [2.05, 4.69) is 22.1 Å². The number of aromatic nitrogens is 2. The SMILES string of the molecule is N#Cc1c(N)nc(CCc2cccnc2)c(C#N)c1-c1ccc2c(c1)OCCO2. The van der Waals surface area contributed by atoms with E-state index in [9.17, 15) is 10.5 Å². The van der Waals surface area contributed by atoms with Crippen molar-refractivity contribution >= 4 is 5.82 Å². The first kappa shape index (κ1) is 18.3. The molecule has 29 heavy (non-hydrogen) atoms. The Kier molecular flexibility index (Phi) is 4.96. The van der Waals surface area contributed by atoms with Gasteiger partial charge in [0.2, 0.25) is 0 Å². The molecule has 142 valence electrons. The molecule has 7 heteroatoms. The second-order valence-corrected chi connectivity index (χ2v) is 6.51. The van der Waals surface area contributed by atoms with Gasteiger partial charge in [-0.15, -0.1) is 0 Å². The Hall–Kier alpha value is -4.10. The molecule has 2 N–H and O–H groups in total. The first-order chi connectivity index (χ1) is 14.2. The summed E-state index contributed by atoms with van der Waals surface area (Å²) in [4.78, 5) is 8.47. The maximum atomic E-state index is 9.90. The normalized spacial score (nSPS) is 12.1. The van der Waals surface area contributed by atoms with Crippen LogP contribution >= 0.6 is 0 Å². The van der Waals surface area contributed by atoms with Crippen LogP contribution in [0, 0.1) is 22.7 Å². The van der Waals surface area contributed by atoms with Gasteiger partial charge in [0.1, 0.15) is 36.7 Å². The van der Waals surface area contributed by atoms with Gasteiger partial charge in [-0.2, -0.15) is 10.5 Å². The summed E-state index contributed by atoms with van der Waals surface area (Å²) in [6.45, 7) is 0.932. The fraction of sp³-hybridized carbons (Fsp3) is 0.182. The zero-order chi connectivity index (χ0) is 20.2. The molecule has 2 aromatic heterocycles. The van der Waals surface area contributed by atoms with E-state index in [0.717, 1.165) is 5.56 Å². The maximum absolute atomic E-state index is 9.90. The summed E-state index contributed by atoms with van der Waals surface area (Å²) < 4.78 is 11.2. The number of fused-ring (bicyclic) bond motifs is 1. The highest BCUT2D eigenvalue weighted by molar-refractivity contribution is 5.82. The van der Waals surface area contributed by atoms with Crippen LogP contribution in [-0.2, 0) is 12.8 Å². The molecule has 0 saturated carbocycles. The standard InChI is InChI=1S/C22H17N5O2/c23-11-16-18(5-3-14-2-1-7-26-13-14)27-22(25)17(12-24)21(16)15-4-6-19-20(10-15)29-9-8-28-19/h1-2,4,6-7,10,13H,3,5,8-9H2,(H2,25,27). The number of aryl methyl sites for hydroxylation is 2. The monoisotopic (exact) mass is 383 g/mol. The Morgan fingerprint density at radius 2 is 1.79 bits per heavy atom. The maximum Gasteiger partial charge on any atom is 0.161 e. The van der Waals surface area contributed by atoms with Crippen LogP contribution in [0.5, 0.6) is 11.5 Å². The smallest absolute Gasteiger partial charge is 0.161 e. The van der Waals surface area contributed by atoms with Crippen molar-refractivity contribution in [2.24, 2.45) is 0 Å². The third kappa shape index (κ3) is 3.54. The molecule has 3 heterocycles. The van der Waals surface area contributed by atoms with Crippen LogP contribution in [0.4, 0.5) is 5.82 Å². The van der Waals surface area contributed by atoms with Gasteiger partial charge < -0.3 is 15.2 Å². The van der Waals surface area contributed by atoms with Gasteiger partial charge >= 0.3 is 0 Å². The van der Waals surface area contributed by atoms with E-state index in [4.69, 9.17) is 15.2 Å². The number of pyridine rings is 2. The minimum absolute atomic E-state index is 0.109. The number of hydrogen-bond acceptors (Lipinski definition) is 7. The van der Waals surface area contributed by atoms with E-state index in [1.54, 1.807) is 30.6 Å². The van der Waals surface area contributed by atoms with Gasteiger partial charge in [-0.3, -0.25) is 4.98 Å². The van der Waals surface area contributed by atoms with E-state index in [0.29, 0.717) is 59.9 Å². The second kappa shape index (κ2) is 7.87. The first-order valence-corrected chi connectivity index (χ1v) is 9.12. The highest BCUT2D eigenvalue weighted by Gasteiger charge is 2.22. The van der Waals surface area contributed by atoms with Crippen LogP contribution < -0.4 is 15.2 Å². The van der Waals surface area contributed by atoms with Crippen LogP contribution in [0.1, 0.15) is 22.4 Å². The van der Waals surface area contributed by atoms with Crippen LogP contribution in [0.15, 0.2) is 42.7 Å². The number of hydrogen-bond donors (Lipinski definition) is 1. The molecule has 3 aromatic rings. The van der Waals surface area contributed by atoms with Gasteiger partial charge in [-0.25, -0.2) is 4.98 Å². The van der Waals surface area contributed by atoms with Crippen molar-refractivity contribution in [3.63, 3.8) is 0 Å². The second-order valence-electron chi connectivity index (χ2n) is 6.51. The average molecular weight is 383 g/mol. The highest BCUT2D eigenvalue weighted by Crippen LogP contribution is 2.38. The molecule has 0 radical (unpaired) electrons. The Balaban J connectivity index is 1.81. The van der Waals surface area contributed by atoms with Gasteiger partial charge in [0.05, 0.1) is 11.3 Å². The molecular weight excluding hydrogens is 366 g/mol. The zero-order valence-electron chi connectivity index (χ0n) is 15.6. The molecule has 7 nitrogen and oxygen atoms in total. The lowest BCUT2D eigenvalue weighted by molar-refractivity contribution is 0.171. The van der Waals surface area contributed by atoms with E-state index in [1.165, 1.54) is 0 Å². The highest BCUT2D eigenvalue weighted by atomic mass is 16.6. The minimum atomic E-state index is 0.109. The lowest BCUT2D eigenvalue weighted by Crippen LogP contribution is -2.15. The Morgan fingerprint density at radius 3 is 2.52 bits per heavy atom. The molecule has 0 spiro atoms. The molecule has 0 aliphatic carbocycles. The van der Waals surface area contributed by atoms with Crippen molar-refractivity contribution in [1.82, 2.24) is 9.97 Å². The number of nitrogen functional groups attached to an aromatic ring is 1. The number of nitriles is 2. The van der Waals surface area contributed by atoms with Gasteiger partial charge in [0, 0.05) is 18.0 Å². The summed E-state index contributed by atoms with van der Waals surface area (Å²) in [5, 5.41) is 19.6. The largest absolute Gasteiger partial charge is 0.486 e. The van der Waals surface area contributed by atoms with Crippen LogP contribution in [0.3, 0.4) is 0 Å². The quantitative estimate of drug-likeness (QED) is 0.735. The zero-order valence-corrected chi connectivity index (χ0v) is 15.6. The minimum Gasteiger partial charge on any atom is -0.486 e. The topological polar surface area (TPSA) is 118 Å². The molecular formula is C22H17N5O2. The lowest BCUT2D eigenvalue weighted by atomic mass is 9.92. The van der Waals surface area contributed by atoms with Gasteiger partial charge in [0.15, 0.2) is 11.5 Å². The average Bonchev–Trinajstić information content (AvgIpc) is 2.77. The van der Waals surface area contributed by atoms with Crippen molar-refractivity contribution in [2.45, 2.75) is 12.8 Å². The first-order valence-electron chi connectivity index (χ1n) is 9.12. The number of benzene rings is 1. The molecule has 1 aliphatic heterocycles. The summed E-state index contributed by atoms with van der Waals surface area (Å²) in [6.07, 6.45) is 4.65. The molecule has 4 rings (SSSR count). The van der Waals surface area contributed by atoms with Crippen molar-refractivity contribution in [3.8, 4) is 34.8 Å². The molecule has 1 aromatic carbocycles. The fourth-order valence-corrected chi connectivity index (χ4v) is 3.37. The van der Waals surface area contributed by atoms with E-state index < -0.39 is 0 Å². The molecule has 0 saturated heterocycles. The Bertz CT molecular complexity index is 1150. The van der Waals surface area contributed by atoms with Crippen LogP contribution in [0.25, 0.3) is 11.1 Å². The summed E-state index contributed by atoms with van der Waals surface area (Å²) in [6, 6.07) is 13.5. The van der Waals surface area contributed by atoms with Gasteiger partial charge in [-0.1, -0.05) is 12.1 Å². The number of rotatable bonds is 4. The number of ether oxygens (including phenoxy) is 2. The van der Waals surface area contributed by atoms with Crippen molar-refractivity contribution in [1.29, 1.82) is 10.5 Å². The molecule has 0 bridgehead atoms. The predicted octanol–water partition coefficient (Wildman–Crippen LogP) is 3.03. The number of nitrogens with two attached hydrogens (primary N) is 1. The van der Waals surface area contributed by atoms with Gasteiger partial charge in [0.25, 0.3) is 0 Å². The van der Waals surface area contributed by atoms with Gasteiger partial charge in [-0.05, 0) is 42.2 Å². The molecule has 0 unspecified atom stereocenters. The summed E-state index contributed by atoms with van der Waals surface area (Å²) in [7, 11) is 0. The van der Waals surface area contributed by atoms with Crippen molar-refractivity contribution in [3.05, 3.63) is 65.1 Å². The third-order valence-electron chi connectivity index (χ3n) is 4.73. The molecule has 0 amide bonds. The van der Waals surface area contributed by atoms with Crippen molar-refractivity contribution in [2.75, 3.05) is 18.9 Å². The molecule has 0 atom stereocenters. The van der Waals surface area contributed by atoms with E-state index in [1.807, 2.05) is 12.1 Å².